The van der Waals surface area contributed by atoms with E-state index in [1.807, 2.05) is 6.92 Å². The van der Waals surface area contributed by atoms with Crippen LogP contribution in [0.4, 0.5) is 10.6 Å². The van der Waals surface area contributed by atoms with E-state index >= 15 is 0 Å². The molecular formula is C17H22N4O4. The number of nitrogens with zero attached hydrogens (tertiary/aromatic N) is 2. The maximum absolute atomic E-state index is 11.9. The first kappa shape index (κ1) is 18.4. The molecule has 25 heavy (non-hydrogen) atoms. The Morgan fingerprint density at radius 2 is 2.08 bits per heavy atom. The Balaban J connectivity index is 2.10. The minimum atomic E-state index is -0.607. The van der Waals surface area contributed by atoms with E-state index in [0.717, 1.165) is 6.42 Å². The summed E-state index contributed by atoms with van der Waals surface area (Å²) < 4.78 is 10.5. The third kappa shape index (κ3) is 5.59. The molecule has 0 aromatic carbocycles. The van der Waals surface area contributed by atoms with Gasteiger partial charge in [-0.1, -0.05) is 6.92 Å². The van der Waals surface area contributed by atoms with Crippen LogP contribution in [0.1, 0.15) is 44.6 Å². The van der Waals surface area contributed by atoms with Crippen LogP contribution in [0.3, 0.4) is 0 Å². The Morgan fingerprint density at radius 1 is 1.32 bits per heavy atom. The number of pyridine rings is 1. The first-order valence-electron chi connectivity index (χ1n) is 7.98. The molecule has 0 aliphatic carbocycles. The van der Waals surface area contributed by atoms with E-state index in [0.29, 0.717) is 17.9 Å². The highest BCUT2D eigenvalue weighted by Crippen LogP contribution is 2.21. The van der Waals surface area contributed by atoms with Crippen molar-refractivity contribution in [2.24, 2.45) is 0 Å². The third-order valence-corrected chi connectivity index (χ3v) is 2.91. The predicted octanol–water partition coefficient (Wildman–Crippen LogP) is 3.22. The van der Waals surface area contributed by atoms with Gasteiger partial charge in [-0.3, -0.25) is 10.1 Å². The fourth-order valence-electron chi connectivity index (χ4n) is 1.88. The highest BCUT2D eigenvalue weighted by molar-refractivity contribution is 5.92. The molecule has 8 nitrogen and oxygen atoms in total. The number of hydrogen-bond donors (Lipinski definition) is 2. The van der Waals surface area contributed by atoms with Gasteiger partial charge in [-0.25, -0.2) is 14.8 Å². The van der Waals surface area contributed by atoms with E-state index in [1.165, 1.54) is 12.5 Å². The van der Waals surface area contributed by atoms with Gasteiger partial charge in [0.1, 0.15) is 17.7 Å². The lowest BCUT2D eigenvalue weighted by atomic mass is 10.2. The van der Waals surface area contributed by atoms with E-state index in [2.05, 4.69) is 20.6 Å². The van der Waals surface area contributed by atoms with Crippen molar-refractivity contribution in [3.8, 4) is 11.5 Å². The van der Waals surface area contributed by atoms with Gasteiger partial charge in [-0.2, -0.15) is 0 Å². The number of anilines is 1. The summed E-state index contributed by atoms with van der Waals surface area (Å²) >= 11 is 0. The standard InChI is InChI=1S/C17H22N4O4/c1-5-7-19-14(22)12-10-24-15(20-12)11-6-8-18-13(9-11)21-16(23)25-17(2,3)4/h6,8-10H,5,7H2,1-4H3,(H,19,22)(H,18,21,23). The zero-order chi connectivity index (χ0) is 18.4. The van der Waals surface area contributed by atoms with Crippen LogP contribution in [-0.4, -0.2) is 34.1 Å². The van der Waals surface area contributed by atoms with Crippen molar-refractivity contribution in [2.75, 3.05) is 11.9 Å². The van der Waals surface area contributed by atoms with E-state index < -0.39 is 11.7 Å². The average Bonchev–Trinajstić information content (AvgIpc) is 3.01. The Kier molecular flexibility index (Phi) is 5.74. The van der Waals surface area contributed by atoms with Gasteiger partial charge < -0.3 is 14.5 Å². The normalized spacial score (nSPS) is 11.0. The Bertz CT molecular complexity index is 749. The topological polar surface area (TPSA) is 106 Å². The lowest BCUT2D eigenvalue weighted by molar-refractivity contribution is 0.0635. The van der Waals surface area contributed by atoms with Crippen LogP contribution in [0, 0.1) is 0 Å². The van der Waals surface area contributed by atoms with Crippen LogP contribution in [0.5, 0.6) is 0 Å². The van der Waals surface area contributed by atoms with Gasteiger partial charge in [0.05, 0.1) is 0 Å². The first-order valence-corrected chi connectivity index (χ1v) is 7.98. The summed E-state index contributed by atoms with van der Waals surface area (Å²) in [6, 6.07) is 3.25. The van der Waals surface area contributed by atoms with E-state index in [9.17, 15) is 9.59 Å². The summed E-state index contributed by atoms with van der Waals surface area (Å²) in [7, 11) is 0. The Labute approximate surface area is 146 Å². The SMILES string of the molecule is CCCNC(=O)c1coc(-c2ccnc(NC(=O)OC(C)(C)C)c2)n1. The molecule has 2 aromatic rings. The molecular weight excluding hydrogens is 324 g/mol. The van der Waals surface area contributed by atoms with Gasteiger partial charge in [-0.15, -0.1) is 0 Å². The monoisotopic (exact) mass is 346 g/mol. The predicted molar refractivity (Wildman–Crippen MR) is 92.2 cm³/mol. The second-order valence-electron chi connectivity index (χ2n) is 6.35. The highest BCUT2D eigenvalue weighted by Gasteiger charge is 2.17. The smallest absolute Gasteiger partial charge is 0.413 e. The van der Waals surface area contributed by atoms with Gasteiger partial charge in [0, 0.05) is 18.3 Å². The van der Waals surface area contributed by atoms with E-state index in [-0.39, 0.29) is 17.5 Å². The molecule has 0 spiro atoms. The lowest BCUT2D eigenvalue weighted by Gasteiger charge is -2.19. The minimum Gasteiger partial charge on any atom is -0.444 e. The van der Waals surface area contributed by atoms with Gasteiger partial charge in [0.2, 0.25) is 5.89 Å². The third-order valence-electron chi connectivity index (χ3n) is 2.91. The van der Waals surface area contributed by atoms with Crippen LogP contribution in [-0.2, 0) is 4.74 Å². The molecule has 0 bridgehead atoms. The first-order chi connectivity index (χ1) is 11.8. The van der Waals surface area contributed by atoms with E-state index in [1.54, 1.807) is 32.9 Å². The lowest BCUT2D eigenvalue weighted by Crippen LogP contribution is -2.27. The largest absolute Gasteiger partial charge is 0.444 e. The second kappa shape index (κ2) is 7.78. The molecule has 134 valence electrons. The number of rotatable bonds is 5. The summed E-state index contributed by atoms with van der Waals surface area (Å²) in [6.45, 7) is 7.85. The highest BCUT2D eigenvalue weighted by atomic mass is 16.6. The van der Waals surface area contributed by atoms with Crippen molar-refractivity contribution >= 4 is 17.8 Å². The second-order valence-corrected chi connectivity index (χ2v) is 6.35. The van der Waals surface area contributed by atoms with Crippen molar-refractivity contribution in [2.45, 2.75) is 39.7 Å². The van der Waals surface area contributed by atoms with Crippen molar-refractivity contribution in [3.63, 3.8) is 0 Å². The molecule has 0 unspecified atom stereocenters. The molecule has 0 aliphatic rings. The number of ether oxygens (including phenoxy) is 1. The van der Waals surface area contributed by atoms with Gasteiger partial charge in [0.15, 0.2) is 5.69 Å². The van der Waals surface area contributed by atoms with E-state index in [4.69, 9.17) is 9.15 Å². The van der Waals surface area contributed by atoms with Gasteiger partial charge in [-0.05, 0) is 39.3 Å². The van der Waals surface area contributed by atoms with Gasteiger partial charge >= 0.3 is 6.09 Å². The number of hydrogen-bond acceptors (Lipinski definition) is 6. The molecule has 8 heteroatoms. The van der Waals surface area contributed by atoms with Crippen LogP contribution in [0.25, 0.3) is 11.5 Å². The molecule has 2 N–H and O–H groups in total. The molecule has 2 aromatic heterocycles. The van der Waals surface area contributed by atoms with Crippen LogP contribution < -0.4 is 10.6 Å². The molecule has 0 aliphatic heterocycles. The minimum absolute atomic E-state index is 0.196. The number of aromatic nitrogens is 2. The zero-order valence-electron chi connectivity index (χ0n) is 14.8. The number of nitrogens with one attached hydrogen (secondary N) is 2. The Morgan fingerprint density at radius 3 is 2.76 bits per heavy atom. The molecule has 0 atom stereocenters. The maximum Gasteiger partial charge on any atom is 0.413 e. The van der Waals surface area contributed by atoms with Crippen molar-refractivity contribution in [3.05, 3.63) is 30.3 Å². The molecule has 2 amide bonds. The van der Waals surface area contributed by atoms with Crippen LogP contribution in [0.2, 0.25) is 0 Å². The number of amides is 2. The fourth-order valence-corrected chi connectivity index (χ4v) is 1.88. The average molecular weight is 346 g/mol. The molecule has 0 saturated carbocycles. The summed E-state index contributed by atoms with van der Waals surface area (Å²) in [6.07, 6.45) is 3.02. The van der Waals surface area contributed by atoms with Crippen molar-refractivity contribution < 1.29 is 18.7 Å². The summed E-state index contributed by atoms with van der Waals surface area (Å²) in [5.41, 5.74) is 0.169. The summed E-state index contributed by atoms with van der Waals surface area (Å²) in [5, 5.41) is 5.27. The zero-order valence-corrected chi connectivity index (χ0v) is 14.8. The van der Waals surface area contributed by atoms with Crippen molar-refractivity contribution in [1.82, 2.24) is 15.3 Å². The molecule has 2 heterocycles. The number of carbonyl (C=O) groups is 2. The summed E-state index contributed by atoms with van der Waals surface area (Å²) in [4.78, 5) is 31.9. The molecule has 0 saturated heterocycles. The Hall–Kier alpha value is -2.90. The molecule has 0 fully saturated rings. The molecule has 0 radical (unpaired) electrons. The fraction of sp³-hybridized carbons (Fsp3) is 0.412. The van der Waals surface area contributed by atoms with Crippen LogP contribution >= 0.6 is 0 Å². The van der Waals surface area contributed by atoms with Gasteiger partial charge in [0.25, 0.3) is 5.91 Å². The number of carbonyl (C=O) groups excluding carboxylic acids is 2. The molecule has 2 rings (SSSR count). The van der Waals surface area contributed by atoms with Crippen LogP contribution in [0.15, 0.2) is 29.0 Å². The quantitative estimate of drug-likeness (QED) is 0.861. The maximum atomic E-state index is 11.9. The summed E-state index contributed by atoms with van der Waals surface area (Å²) in [5.74, 6) is 0.260. The number of oxazole rings is 1. The van der Waals surface area contributed by atoms with Crippen molar-refractivity contribution in [1.29, 1.82) is 0 Å².